The van der Waals surface area contributed by atoms with Crippen LogP contribution in [0.1, 0.15) is 5.56 Å². The number of hydrogen-bond acceptors (Lipinski definition) is 4. The summed E-state index contributed by atoms with van der Waals surface area (Å²) >= 11 is 0. The van der Waals surface area contributed by atoms with Crippen molar-refractivity contribution in [2.24, 2.45) is 0 Å². The van der Waals surface area contributed by atoms with Crippen LogP contribution in [0.25, 0.3) is 0 Å². The number of hydrogen-bond donors (Lipinski definition) is 2. The molecule has 1 atom stereocenters. The molecular formula is C14H15N3O4. The average molecular weight is 289 g/mol. The van der Waals surface area contributed by atoms with E-state index in [1.165, 1.54) is 12.5 Å². The molecule has 0 aliphatic heterocycles. The van der Waals surface area contributed by atoms with Gasteiger partial charge in [-0.3, -0.25) is 0 Å². The van der Waals surface area contributed by atoms with Crippen LogP contribution in [0.5, 0.6) is 0 Å². The highest BCUT2D eigenvalue weighted by molar-refractivity contribution is 5.79. The van der Waals surface area contributed by atoms with Crippen LogP contribution in [0, 0.1) is 0 Å². The van der Waals surface area contributed by atoms with E-state index >= 15 is 0 Å². The summed E-state index contributed by atoms with van der Waals surface area (Å²) in [6.07, 6.45) is 3.86. The Bertz CT molecular complexity index is 584. The molecule has 7 nitrogen and oxygen atoms in total. The molecule has 7 heteroatoms. The Morgan fingerprint density at radius 3 is 2.71 bits per heavy atom. The molecule has 2 aromatic rings. The fourth-order valence-electron chi connectivity index (χ4n) is 1.70. The molecule has 21 heavy (non-hydrogen) atoms. The first-order valence-corrected chi connectivity index (χ1v) is 6.31. The molecule has 0 radical (unpaired) electrons. The largest absolute Gasteiger partial charge is 0.480 e. The first-order chi connectivity index (χ1) is 10.1. The molecule has 1 aromatic carbocycles. The Morgan fingerprint density at radius 2 is 2.10 bits per heavy atom. The number of alkyl carbamates (subject to hydrolysis) is 1. The van der Waals surface area contributed by atoms with Crippen LogP contribution in [-0.2, 0) is 22.7 Å². The van der Waals surface area contributed by atoms with Gasteiger partial charge in [0.2, 0.25) is 0 Å². The Kier molecular flexibility index (Phi) is 4.92. The molecule has 2 N–H and O–H groups in total. The maximum Gasteiger partial charge on any atom is 0.408 e. The molecule has 0 aliphatic rings. The summed E-state index contributed by atoms with van der Waals surface area (Å²) in [7, 11) is 0. The molecule has 0 saturated carbocycles. The molecule has 0 spiro atoms. The van der Waals surface area contributed by atoms with E-state index in [0.29, 0.717) is 0 Å². The number of aromatic nitrogens is 2. The zero-order valence-corrected chi connectivity index (χ0v) is 11.2. The first-order valence-electron chi connectivity index (χ1n) is 6.31. The van der Waals surface area contributed by atoms with E-state index in [0.717, 1.165) is 5.56 Å². The van der Waals surface area contributed by atoms with E-state index < -0.39 is 18.1 Å². The smallest absolute Gasteiger partial charge is 0.408 e. The van der Waals surface area contributed by atoms with Crippen molar-refractivity contribution in [3.05, 3.63) is 54.6 Å². The number of carbonyl (C=O) groups excluding carboxylic acids is 1. The molecule has 0 aliphatic carbocycles. The number of ether oxygens (including phenoxy) is 1. The van der Waals surface area contributed by atoms with E-state index in [4.69, 9.17) is 9.84 Å². The average Bonchev–Trinajstić information content (AvgIpc) is 2.98. The van der Waals surface area contributed by atoms with Gasteiger partial charge in [0.05, 0.1) is 12.9 Å². The Morgan fingerprint density at radius 1 is 1.33 bits per heavy atom. The number of nitrogens with zero attached hydrogens (tertiary/aromatic N) is 2. The molecule has 110 valence electrons. The molecular weight excluding hydrogens is 274 g/mol. The number of benzene rings is 1. The molecule has 0 fully saturated rings. The highest BCUT2D eigenvalue weighted by Gasteiger charge is 2.21. The second-order valence-corrected chi connectivity index (χ2v) is 4.36. The van der Waals surface area contributed by atoms with Crippen molar-refractivity contribution in [2.45, 2.75) is 19.2 Å². The molecule has 2 rings (SSSR count). The van der Waals surface area contributed by atoms with Crippen LogP contribution in [-0.4, -0.2) is 32.8 Å². The summed E-state index contributed by atoms with van der Waals surface area (Å²) in [5.74, 6) is -1.14. The van der Waals surface area contributed by atoms with E-state index in [2.05, 4.69) is 10.3 Å². The minimum absolute atomic E-state index is 0.0791. The third-order valence-corrected chi connectivity index (χ3v) is 2.76. The van der Waals surface area contributed by atoms with Crippen LogP contribution >= 0.6 is 0 Å². The van der Waals surface area contributed by atoms with E-state index in [1.807, 2.05) is 30.3 Å². The van der Waals surface area contributed by atoms with Gasteiger partial charge in [0, 0.05) is 12.4 Å². The summed E-state index contributed by atoms with van der Waals surface area (Å²) in [4.78, 5) is 26.6. The quantitative estimate of drug-likeness (QED) is 0.835. The first kappa shape index (κ1) is 14.6. The zero-order chi connectivity index (χ0) is 15.1. The standard InChI is InChI=1S/C14H15N3O4/c18-13(19)12(8-17-7-6-15-10-17)16-14(20)21-9-11-4-2-1-3-5-11/h1-7,10,12H,8-9H2,(H,16,20)(H,18,19)/t12-/m1/s1. The van der Waals surface area contributed by atoms with Crippen molar-refractivity contribution in [1.82, 2.24) is 14.9 Å². The summed E-state index contributed by atoms with van der Waals surface area (Å²) < 4.78 is 6.56. The summed E-state index contributed by atoms with van der Waals surface area (Å²) in [6, 6.07) is 8.06. The van der Waals surface area contributed by atoms with Crippen LogP contribution in [0.15, 0.2) is 49.1 Å². The predicted molar refractivity (Wildman–Crippen MR) is 73.4 cm³/mol. The highest BCUT2D eigenvalue weighted by Crippen LogP contribution is 2.01. The van der Waals surface area contributed by atoms with Gasteiger partial charge in [0.1, 0.15) is 12.6 Å². The van der Waals surface area contributed by atoms with E-state index in [1.54, 1.807) is 10.8 Å². The molecule has 1 heterocycles. The number of aliphatic carboxylic acids is 1. The Labute approximate surface area is 121 Å². The van der Waals surface area contributed by atoms with Gasteiger partial charge in [-0.1, -0.05) is 30.3 Å². The van der Waals surface area contributed by atoms with Crippen LogP contribution in [0.3, 0.4) is 0 Å². The van der Waals surface area contributed by atoms with Crippen molar-refractivity contribution in [2.75, 3.05) is 0 Å². The van der Waals surface area contributed by atoms with E-state index in [9.17, 15) is 9.59 Å². The Hall–Kier alpha value is -2.83. The fourth-order valence-corrected chi connectivity index (χ4v) is 1.70. The van der Waals surface area contributed by atoms with E-state index in [-0.39, 0.29) is 13.2 Å². The number of amides is 1. The zero-order valence-electron chi connectivity index (χ0n) is 11.2. The lowest BCUT2D eigenvalue weighted by Gasteiger charge is -2.15. The van der Waals surface area contributed by atoms with Gasteiger partial charge in [-0.2, -0.15) is 0 Å². The maximum atomic E-state index is 11.6. The van der Waals surface area contributed by atoms with Gasteiger partial charge < -0.3 is 19.7 Å². The van der Waals surface area contributed by atoms with Crippen molar-refractivity contribution in [3.8, 4) is 0 Å². The van der Waals surface area contributed by atoms with Gasteiger partial charge in [0.25, 0.3) is 0 Å². The second kappa shape index (κ2) is 7.09. The lowest BCUT2D eigenvalue weighted by Crippen LogP contribution is -2.43. The van der Waals surface area contributed by atoms with Gasteiger partial charge in [0.15, 0.2) is 0 Å². The van der Waals surface area contributed by atoms with Crippen molar-refractivity contribution < 1.29 is 19.4 Å². The molecule has 0 saturated heterocycles. The van der Waals surface area contributed by atoms with Crippen LogP contribution in [0.2, 0.25) is 0 Å². The third-order valence-electron chi connectivity index (χ3n) is 2.76. The minimum atomic E-state index is -1.14. The minimum Gasteiger partial charge on any atom is -0.480 e. The monoisotopic (exact) mass is 289 g/mol. The van der Waals surface area contributed by atoms with Crippen molar-refractivity contribution >= 4 is 12.1 Å². The number of rotatable bonds is 6. The summed E-state index contributed by atoms with van der Waals surface area (Å²) in [5.41, 5.74) is 0.828. The third kappa shape index (κ3) is 4.64. The molecule has 0 bridgehead atoms. The normalized spacial score (nSPS) is 11.6. The van der Waals surface area contributed by atoms with Gasteiger partial charge in [-0.15, -0.1) is 0 Å². The predicted octanol–water partition coefficient (Wildman–Crippen LogP) is 1.26. The van der Waals surface area contributed by atoms with Crippen LogP contribution < -0.4 is 5.32 Å². The maximum absolute atomic E-state index is 11.6. The SMILES string of the molecule is O=C(N[C@H](Cn1ccnc1)C(=O)O)OCc1ccccc1. The Balaban J connectivity index is 1.85. The van der Waals surface area contributed by atoms with Crippen LogP contribution in [0.4, 0.5) is 4.79 Å². The fraction of sp³-hybridized carbons (Fsp3) is 0.214. The molecule has 1 amide bonds. The second-order valence-electron chi connectivity index (χ2n) is 4.36. The number of imidazole rings is 1. The van der Waals surface area contributed by atoms with Crippen molar-refractivity contribution in [3.63, 3.8) is 0 Å². The number of carboxylic acid groups (broad SMARTS) is 1. The topological polar surface area (TPSA) is 93.5 Å². The van der Waals surface area contributed by atoms with Crippen molar-refractivity contribution in [1.29, 1.82) is 0 Å². The molecule has 1 aromatic heterocycles. The summed E-state index contributed by atoms with van der Waals surface area (Å²) in [6.45, 7) is 0.167. The van der Waals surface area contributed by atoms with Gasteiger partial charge >= 0.3 is 12.1 Å². The summed E-state index contributed by atoms with van der Waals surface area (Å²) in [5, 5.41) is 11.4. The molecule has 0 unspecified atom stereocenters. The number of nitrogens with one attached hydrogen (secondary N) is 1. The highest BCUT2D eigenvalue weighted by atomic mass is 16.5. The lowest BCUT2D eigenvalue weighted by molar-refractivity contribution is -0.139. The van der Waals surface area contributed by atoms with Gasteiger partial charge in [-0.05, 0) is 5.56 Å². The van der Waals surface area contributed by atoms with Gasteiger partial charge in [-0.25, -0.2) is 14.6 Å². The lowest BCUT2D eigenvalue weighted by atomic mass is 10.2. The number of carboxylic acids is 1. The number of carbonyl (C=O) groups is 2.